The SMILES string of the molecule is C[C@@](F)(N=[N+]=[N-])O[C@@H]1C[C@H](n2ccc3c(=O)[nH]c(N)nc32)O[C@@H]1COP(=O)(O)OP(=O)(O)OP(=O)(O)O. The van der Waals surface area contributed by atoms with Crippen LogP contribution in [0.4, 0.5) is 10.3 Å². The number of phosphoric ester groups is 1. The Labute approximate surface area is 204 Å². The summed E-state index contributed by atoms with van der Waals surface area (Å²) in [6.07, 6.45) is -2.75. The number of alkyl halides is 1. The number of nitrogens with one attached hydrogen (secondary N) is 1. The monoisotopic (exact) mass is 593 g/mol. The van der Waals surface area contributed by atoms with Crippen LogP contribution >= 0.6 is 23.5 Å². The predicted molar refractivity (Wildman–Crippen MR) is 117 cm³/mol. The lowest BCUT2D eigenvalue weighted by Gasteiger charge is -2.24. The second-order valence-corrected chi connectivity index (χ2v) is 11.8. The van der Waals surface area contributed by atoms with E-state index in [1.807, 2.05) is 0 Å². The molecule has 0 amide bonds. The maximum atomic E-state index is 14.5. The quantitative estimate of drug-likeness (QED) is 0.0702. The number of phosphoric acid groups is 3. The van der Waals surface area contributed by atoms with Crippen molar-refractivity contribution in [1.82, 2.24) is 14.5 Å². The van der Waals surface area contributed by atoms with E-state index in [2.05, 4.69) is 33.1 Å². The third kappa shape index (κ3) is 7.89. The Morgan fingerprint density at radius 3 is 2.65 bits per heavy atom. The maximum absolute atomic E-state index is 14.5. The largest absolute Gasteiger partial charge is 0.490 e. The van der Waals surface area contributed by atoms with E-state index in [1.54, 1.807) is 0 Å². The van der Waals surface area contributed by atoms with E-state index in [0.29, 0.717) is 0 Å². The zero-order valence-corrected chi connectivity index (χ0v) is 21.0. The van der Waals surface area contributed by atoms with Crippen LogP contribution in [0.25, 0.3) is 21.5 Å². The molecule has 0 radical (unpaired) electrons. The molecule has 1 aliphatic rings. The first-order chi connectivity index (χ1) is 16.9. The van der Waals surface area contributed by atoms with Gasteiger partial charge in [0.1, 0.15) is 12.3 Å². The summed E-state index contributed by atoms with van der Waals surface area (Å²) in [7, 11) is -16.9. The fraction of sp³-hybridized carbons (Fsp3) is 0.538. The van der Waals surface area contributed by atoms with Crippen molar-refractivity contribution in [3.8, 4) is 0 Å². The standard InChI is InChI=1S/C13H19FN7O13P3/c1-13(14,19-20-16)32-7-4-9(21-3-2-6-10(21)17-12(15)18-11(6)22)31-8(7)5-30-36(26,27)34-37(28,29)33-35(23,24)25/h2-3,7-9H,4-5H2,1H3,(H,26,27)(H,28,29)(H2,23,24,25)(H3,15,17,18,22)/t7-,8-,9-,13-/m1/s1. The molecule has 6 atom stereocenters. The van der Waals surface area contributed by atoms with Crippen LogP contribution in [0.1, 0.15) is 19.6 Å². The van der Waals surface area contributed by atoms with Crippen LogP contribution < -0.4 is 11.3 Å². The van der Waals surface area contributed by atoms with Crippen LogP contribution in [-0.2, 0) is 36.3 Å². The van der Waals surface area contributed by atoms with E-state index < -0.39 is 60.0 Å². The minimum Gasteiger partial charge on any atom is -0.369 e. The molecule has 7 N–H and O–H groups in total. The first kappa shape index (κ1) is 29.3. The van der Waals surface area contributed by atoms with Gasteiger partial charge in [-0.15, -0.1) is 0 Å². The smallest absolute Gasteiger partial charge is 0.369 e. The lowest BCUT2D eigenvalue weighted by molar-refractivity contribution is -0.178. The molecule has 0 aromatic carbocycles. The van der Waals surface area contributed by atoms with Gasteiger partial charge >= 0.3 is 23.5 Å². The molecule has 2 unspecified atom stereocenters. The Hall–Kier alpha value is -2.21. The minimum atomic E-state index is -5.79. The number of hydrogen-bond acceptors (Lipinski definition) is 12. The number of nitrogens with zero attached hydrogens (tertiary/aromatic N) is 5. The molecule has 3 heterocycles. The Balaban J connectivity index is 1.83. The van der Waals surface area contributed by atoms with E-state index in [4.69, 9.17) is 30.5 Å². The molecule has 37 heavy (non-hydrogen) atoms. The Bertz CT molecular complexity index is 1420. The normalized spacial score (nSPS) is 25.2. The molecule has 0 bridgehead atoms. The molecular weight excluding hydrogens is 574 g/mol. The molecule has 0 spiro atoms. The van der Waals surface area contributed by atoms with Crippen LogP contribution in [0, 0.1) is 0 Å². The van der Waals surface area contributed by atoms with Crippen molar-refractivity contribution < 1.29 is 60.3 Å². The Kier molecular flexibility index (Phi) is 8.34. The lowest BCUT2D eigenvalue weighted by Crippen LogP contribution is -2.35. The van der Waals surface area contributed by atoms with Crippen molar-refractivity contribution in [3.05, 3.63) is 33.1 Å². The molecule has 20 nitrogen and oxygen atoms in total. The lowest BCUT2D eigenvalue weighted by atomic mass is 10.2. The molecule has 2 aromatic heterocycles. The number of nitrogen functional groups attached to an aromatic ring is 1. The summed E-state index contributed by atoms with van der Waals surface area (Å²) in [6, 6.07) is 1.37. The third-order valence-corrected chi connectivity index (χ3v) is 8.30. The number of nitrogens with two attached hydrogens (primary N) is 1. The van der Waals surface area contributed by atoms with Crippen molar-refractivity contribution in [1.29, 1.82) is 0 Å². The molecular formula is C13H19FN7O13P3. The number of fused-ring (bicyclic) bond motifs is 1. The number of aromatic nitrogens is 3. The summed E-state index contributed by atoms with van der Waals surface area (Å²) in [5.74, 6) is -3.15. The van der Waals surface area contributed by atoms with E-state index >= 15 is 0 Å². The number of halogens is 1. The average Bonchev–Trinajstić information content (AvgIpc) is 3.27. The van der Waals surface area contributed by atoms with Gasteiger partial charge in [0, 0.05) is 24.5 Å². The number of rotatable bonds is 11. The van der Waals surface area contributed by atoms with Gasteiger partial charge in [-0.3, -0.25) is 14.3 Å². The summed E-state index contributed by atoms with van der Waals surface area (Å²) in [6.45, 7) is -0.237. The van der Waals surface area contributed by atoms with Crippen LogP contribution in [0.2, 0.25) is 0 Å². The first-order valence-electron chi connectivity index (χ1n) is 9.63. The molecule has 0 aliphatic carbocycles. The number of aromatic amines is 1. The maximum Gasteiger partial charge on any atom is 0.490 e. The number of ether oxygens (including phenoxy) is 2. The fourth-order valence-electron chi connectivity index (χ4n) is 3.29. The minimum absolute atomic E-state index is 0.0524. The van der Waals surface area contributed by atoms with Gasteiger partial charge < -0.3 is 39.3 Å². The van der Waals surface area contributed by atoms with Gasteiger partial charge in [-0.25, -0.2) is 18.1 Å². The number of hydrogen-bond donors (Lipinski definition) is 6. The second-order valence-electron chi connectivity index (χ2n) is 7.38. The van der Waals surface area contributed by atoms with Crippen molar-refractivity contribution in [2.45, 2.75) is 37.8 Å². The van der Waals surface area contributed by atoms with E-state index in [-0.39, 0.29) is 23.4 Å². The third-order valence-electron chi connectivity index (χ3n) is 4.50. The molecule has 3 rings (SSSR count). The van der Waals surface area contributed by atoms with Crippen LogP contribution in [-0.4, -0.2) is 58.9 Å². The molecule has 1 fully saturated rings. The molecule has 2 aromatic rings. The van der Waals surface area contributed by atoms with Crippen molar-refractivity contribution in [3.63, 3.8) is 0 Å². The van der Waals surface area contributed by atoms with Gasteiger partial charge in [-0.1, -0.05) is 0 Å². The van der Waals surface area contributed by atoms with E-state index in [0.717, 1.165) is 6.92 Å². The summed E-state index contributed by atoms with van der Waals surface area (Å²) in [5.41, 5.74) is 13.6. The molecule has 1 aliphatic heterocycles. The van der Waals surface area contributed by atoms with E-state index in [9.17, 15) is 32.7 Å². The number of azide groups is 1. The van der Waals surface area contributed by atoms with Crippen LogP contribution in [0.5, 0.6) is 0 Å². The highest BCUT2D eigenvalue weighted by molar-refractivity contribution is 7.66. The van der Waals surface area contributed by atoms with Crippen LogP contribution in [0.3, 0.4) is 0 Å². The summed E-state index contributed by atoms with van der Waals surface area (Å²) in [4.78, 5) is 56.8. The van der Waals surface area contributed by atoms with Crippen molar-refractivity contribution in [2.75, 3.05) is 12.3 Å². The molecule has 1 saturated heterocycles. The van der Waals surface area contributed by atoms with Gasteiger partial charge in [0.05, 0.1) is 18.1 Å². The topological polar surface area (TPSA) is 304 Å². The molecule has 206 valence electrons. The zero-order chi connectivity index (χ0) is 27.8. The summed E-state index contributed by atoms with van der Waals surface area (Å²) >= 11 is 0. The fourth-order valence-corrected chi connectivity index (χ4v) is 6.32. The van der Waals surface area contributed by atoms with Crippen LogP contribution in [0.15, 0.2) is 22.2 Å². The second kappa shape index (κ2) is 10.5. The van der Waals surface area contributed by atoms with Gasteiger partial charge in [0.15, 0.2) is 5.65 Å². The Morgan fingerprint density at radius 2 is 2.03 bits per heavy atom. The molecule has 0 saturated carbocycles. The number of H-pyrrole nitrogens is 1. The predicted octanol–water partition coefficient (Wildman–Crippen LogP) is 1.28. The van der Waals surface area contributed by atoms with Crippen molar-refractivity contribution in [2.24, 2.45) is 5.11 Å². The number of anilines is 1. The highest BCUT2D eigenvalue weighted by Gasteiger charge is 2.45. The Morgan fingerprint density at radius 1 is 1.35 bits per heavy atom. The van der Waals surface area contributed by atoms with Gasteiger partial charge in [-0.2, -0.15) is 13.6 Å². The highest BCUT2D eigenvalue weighted by Crippen LogP contribution is 2.66. The zero-order valence-electron chi connectivity index (χ0n) is 18.3. The van der Waals surface area contributed by atoms with Gasteiger partial charge in [-0.05, 0) is 16.7 Å². The van der Waals surface area contributed by atoms with Gasteiger partial charge in [0.25, 0.3) is 11.5 Å². The van der Waals surface area contributed by atoms with Gasteiger partial charge in [0.2, 0.25) is 5.95 Å². The molecule has 24 heteroatoms. The van der Waals surface area contributed by atoms with E-state index in [1.165, 1.54) is 16.8 Å². The van der Waals surface area contributed by atoms with Crippen molar-refractivity contribution >= 4 is 40.4 Å². The average molecular weight is 593 g/mol. The highest BCUT2D eigenvalue weighted by atomic mass is 31.3. The first-order valence-corrected chi connectivity index (χ1v) is 14.2. The summed E-state index contributed by atoms with van der Waals surface area (Å²) in [5, 5.41) is 2.94. The summed E-state index contributed by atoms with van der Waals surface area (Å²) < 4.78 is 72.7.